The first-order valence-corrected chi connectivity index (χ1v) is 6.17. The van der Waals surface area contributed by atoms with Crippen LogP contribution in [0.15, 0.2) is 12.2 Å². The normalized spacial score (nSPS) is 18.6. The van der Waals surface area contributed by atoms with Crippen LogP contribution in [0.1, 0.15) is 39.0 Å². The number of carbonyl (C=O) groups excluding carboxylic acids is 1. The van der Waals surface area contributed by atoms with Crippen molar-refractivity contribution in [1.29, 1.82) is 5.26 Å². The molecule has 4 heteroatoms. The molecule has 1 aliphatic rings. The molecule has 0 aromatic rings. The van der Waals surface area contributed by atoms with Gasteiger partial charge in [-0.3, -0.25) is 0 Å². The van der Waals surface area contributed by atoms with Crippen LogP contribution >= 0.6 is 0 Å². The third-order valence-electron chi connectivity index (χ3n) is 2.97. The van der Waals surface area contributed by atoms with E-state index in [1.165, 1.54) is 12.5 Å². The van der Waals surface area contributed by atoms with Crippen LogP contribution in [0.25, 0.3) is 0 Å². The molecular weight excluding hydrogens is 218 g/mol. The molecule has 94 valence electrons. The van der Waals surface area contributed by atoms with Gasteiger partial charge in [-0.15, -0.1) is 0 Å². The van der Waals surface area contributed by atoms with Gasteiger partial charge in [0, 0.05) is 6.08 Å². The van der Waals surface area contributed by atoms with E-state index in [9.17, 15) is 4.79 Å². The fraction of sp³-hybridized carbons (Fsp3) is 0.692. The average molecular weight is 237 g/mol. The van der Waals surface area contributed by atoms with E-state index in [-0.39, 0.29) is 6.10 Å². The molecular formula is C13H19NO3. The zero-order chi connectivity index (χ0) is 12.5. The molecule has 0 aliphatic heterocycles. The summed E-state index contributed by atoms with van der Waals surface area (Å²) in [7, 11) is 0. The van der Waals surface area contributed by atoms with E-state index in [2.05, 4.69) is 0 Å². The van der Waals surface area contributed by atoms with Crippen molar-refractivity contribution in [2.75, 3.05) is 6.61 Å². The molecule has 0 aromatic carbocycles. The van der Waals surface area contributed by atoms with Crippen molar-refractivity contribution in [2.45, 2.75) is 45.1 Å². The van der Waals surface area contributed by atoms with E-state index < -0.39 is 6.16 Å². The molecule has 17 heavy (non-hydrogen) atoms. The summed E-state index contributed by atoms with van der Waals surface area (Å²) in [6, 6.07) is 1.93. The number of allylic oxidation sites excluding steroid dienone is 1. The van der Waals surface area contributed by atoms with Crippen molar-refractivity contribution in [3.63, 3.8) is 0 Å². The van der Waals surface area contributed by atoms with Gasteiger partial charge >= 0.3 is 6.16 Å². The highest BCUT2D eigenvalue weighted by atomic mass is 16.7. The Balaban J connectivity index is 2.56. The monoisotopic (exact) mass is 237 g/mol. The second-order valence-corrected chi connectivity index (χ2v) is 4.15. The lowest BCUT2D eigenvalue weighted by atomic mass is 9.85. The first kappa shape index (κ1) is 13.6. The minimum atomic E-state index is -0.648. The highest BCUT2D eigenvalue weighted by Gasteiger charge is 2.25. The maximum atomic E-state index is 11.3. The van der Waals surface area contributed by atoms with E-state index in [1.807, 2.05) is 6.07 Å². The molecule has 1 saturated carbocycles. The molecule has 1 fully saturated rings. The van der Waals surface area contributed by atoms with E-state index in [0.717, 1.165) is 25.7 Å². The zero-order valence-corrected chi connectivity index (χ0v) is 10.2. The standard InChI is InChI=1S/C13H19NO3/c1-2-16-13(15)17-12(9-6-10-14)11-7-4-3-5-8-11/h6,9,11-12H,2-5,7-8H2,1H3/b9-6+/t12-/m1/s1. The van der Waals surface area contributed by atoms with Gasteiger partial charge in [0.25, 0.3) is 0 Å². The van der Waals surface area contributed by atoms with Gasteiger partial charge in [-0.2, -0.15) is 5.26 Å². The van der Waals surface area contributed by atoms with Gasteiger partial charge in [-0.1, -0.05) is 19.3 Å². The number of rotatable bonds is 4. The molecule has 1 aliphatic carbocycles. The van der Waals surface area contributed by atoms with Crippen molar-refractivity contribution < 1.29 is 14.3 Å². The maximum Gasteiger partial charge on any atom is 0.508 e. The summed E-state index contributed by atoms with van der Waals surface area (Å²) in [5, 5.41) is 8.54. The summed E-state index contributed by atoms with van der Waals surface area (Å²) in [5.74, 6) is 0.317. The van der Waals surface area contributed by atoms with E-state index in [4.69, 9.17) is 14.7 Å². The molecule has 0 aromatic heterocycles. The van der Waals surface area contributed by atoms with Gasteiger partial charge in [-0.05, 0) is 31.8 Å². The fourth-order valence-electron chi connectivity index (χ4n) is 2.16. The molecule has 0 N–H and O–H groups in total. The minimum Gasteiger partial charge on any atom is -0.435 e. The SMILES string of the molecule is CCOC(=O)O[C@H](/C=C/C#N)C1CCCCC1. The van der Waals surface area contributed by atoms with E-state index in [0.29, 0.717) is 12.5 Å². The average Bonchev–Trinajstić information content (AvgIpc) is 2.36. The molecule has 0 amide bonds. The number of hydrogen-bond donors (Lipinski definition) is 0. The predicted octanol–water partition coefficient (Wildman–Crippen LogP) is 3.19. The molecule has 0 heterocycles. The summed E-state index contributed by atoms with van der Waals surface area (Å²) in [6.45, 7) is 2.04. The molecule has 0 unspecified atom stereocenters. The smallest absolute Gasteiger partial charge is 0.435 e. The summed E-state index contributed by atoms with van der Waals surface area (Å²) in [6.07, 6.45) is 7.71. The van der Waals surface area contributed by atoms with Crippen molar-refractivity contribution in [2.24, 2.45) is 5.92 Å². The largest absolute Gasteiger partial charge is 0.508 e. The van der Waals surface area contributed by atoms with Crippen LogP contribution in [-0.4, -0.2) is 18.9 Å². The van der Waals surface area contributed by atoms with Crippen LogP contribution in [-0.2, 0) is 9.47 Å². The zero-order valence-electron chi connectivity index (χ0n) is 10.2. The third kappa shape index (κ3) is 4.90. The van der Waals surface area contributed by atoms with Crippen LogP contribution in [0.3, 0.4) is 0 Å². The maximum absolute atomic E-state index is 11.3. The Labute approximate surface area is 102 Å². The van der Waals surface area contributed by atoms with Crippen molar-refractivity contribution in [3.05, 3.63) is 12.2 Å². The first-order chi connectivity index (χ1) is 8.27. The number of ether oxygens (including phenoxy) is 2. The van der Waals surface area contributed by atoms with Gasteiger partial charge in [0.2, 0.25) is 0 Å². The van der Waals surface area contributed by atoms with Crippen molar-refractivity contribution in [1.82, 2.24) is 0 Å². The molecule has 0 radical (unpaired) electrons. The quantitative estimate of drug-likeness (QED) is 0.556. The first-order valence-electron chi connectivity index (χ1n) is 6.17. The van der Waals surface area contributed by atoms with E-state index >= 15 is 0 Å². The topological polar surface area (TPSA) is 59.3 Å². The Hall–Kier alpha value is -1.50. The fourth-order valence-corrected chi connectivity index (χ4v) is 2.16. The van der Waals surface area contributed by atoms with Crippen LogP contribution in [0.5, 0.6) is 0 Å². The Morgan fingerprint density at radius 1 is 1.47 bits per heavy atom. The molecule has 4 nitrogen and oxygen atoms in total. The van der Waals surface area contributed by atoms with Crippen molar-refractivity contribution in [3.8, 4) is 6.07 Å². The number of nitriles is 1. The molecule has 0 spiro atoms. The molecule has 1 rings (SSSR count). The highest BCUT2D eigenvalue weighted by Crippen LogP contribution is 2.28. The Morgan fingerprint density at radius 2 is 2.18 bits per heavy atom. The van der Waals surface area contributed by atoms with Gasteiger partial charge in [0.1, 0.15) is 6.10 Å². The predicted molar refractivity (Wildman–Crippen MR) is 63.2 cm³/mol. The lowest BCUT2D eigenvalue weighted by Gasteiger charge is -2.27. The van der Waals surface area contributed by atoms with Gasteiger partial charge in [-0.25, -0.2) is 4.79 Å². The second kappa shape index (κ2) is 7.72. The minimum absolute atomic E-state index is 0.304. The van der Waals surface area contributed by atoms with Gasteiger partial charge in [0.05, 0.1) is 12.7 Å². The second-order valence-electron chi connectivity index (χ2n) is 4.15. The molecule has 1 atom stereocenters. The molecule has 0 saturated heterocycles. The van der Waals surface area contributed by atoms with Gasteiger partial charge in [0.15, 0.2) is 0 Å². The van der Waals surface area contributed by atoms with Crippen LogP contribution in [0.2, 0.25) is 0 Å². The van der Waals surface area contributed by atoms with E-state index in [1.54, 1.807) is 13.0 Å². The van der Waals surface area contributed by atoms with Crippen molar-refractivity contribution >= 4 is 6.16 Å². The Kier molecular flexibility index (Phi) is 6.16. The lowest BCUT2D eigenvalue weighted by Crippen LogP contribution is -2.27. The molecule has 0 bridgehead atoms. The highest BCUT2D eigenvalue weighted by molar-refractivity contribution is 5.60. The van der Waals surface area contributed by atoms with Crippen LogP contribution < -0.4 is 0 Å². The van der Waals surface area contributed by atoms with Gasteiger partial charge < -0.3 is 9.47 Å². The Morgan fingerprint density at radius 3 is 2.76 bits per heavy atom. The number of nitrogens with zero attached hydrogens (tertiary/aromatic N) is 1. The number of carbonyl (C=O) groups is 1. The van der Waals surface area contributed by atoms with Crippen LogP contribution in [0.4, 0.5) is 4.79 Å². The summed E-state index contributed by atoms with van der Waals surface area (Å²) >= 11 is 0. The third-order valence-corrected chi connectivity index (χ3v) is 2.97. The lowest BCUT2D eigenvalue weighted by molar-refractivity contribution is 0.0161. The summed E-state index contributed by atoms with van der Waals surface area (Å²) < 4.78 is 10.00. The Bertz CT molecular complexity index is 300. The number of hydrogen-bond acceptors (Lipinski definition) is 4. The van der Waals surface area contributed by atoms with Crippen LogP contribution in [0, 0.1) is 17.2 Å². The summed E-state index contributed by atoms with van der Waals surface area (Å²) in [5.41, 5.74) is 0. The summed E-state index contributed by atoms with van der Waals surface area (Å²) in [4.78, 5) is 11.3.